The Morgan fingerprint density at radius 2 is 2.10 bits per heavy atom. The molecular weight excluding hydrogens is 374 g/mol. The summed E-state index contributed by atoms with van der Waals surface area (Å²) in [5, 5.41) is 1.05. The van der Waals surface area contributed by atoms with Gasteiger partial charge in [0.15, 0.2) is 0 Å². The fraction of sp³-hybridized carbons (Fsp3) is 0.400. The minimum absolute atomic E-state index is 0.0604. The normalized spacial score (nSPS) is 20.7. The predicted octanol–water partition coefficient (Wildman–Crippen LogP) is 4.57. The van der Waals surface area contributed by atoms with Crippen LogP contribution in [0.15, 0.2) is 48.5 Å². The number of likely N-dealkylation sites (tertiary alicyclic amines) is 1. The number of pyridine rings is 1. The first kappa shape index (κ1) is 19.2. The maximum absolute atomic E-state index is 6.35. The van der Waals surface area contributed by atoms with Gasteiger partial charge in [0.25, 0.3) is 0 Å². The topological polar surface area (TPSA) is 60.6 Å². The first-order chi connectivity index (χ1) is 14.4. The Bertz CT molecular complexity index is 1080. The zero-order valence-corrected chi connectivity index (χ0v) is 17.7. The maximum Gasteiger partial charge on any atom is 0.146 e. The summed E-state index contributed by atoms with van der Waals surface area (Å²) in [4.78, 5) is 6.95. The Balaban J connectivity index is 1.25. The van der Waals surface area contributed by atoms with Crippen molar-refractivity contribution in [3.05, 3.63) is 59.7 Å². The van der Waals surface area contributed by atoms with Crippen molar-refractivity contribution in [2.75, 3.05) is 18.8 Å². The summed E-state index contributed by atoms with van der Waals surface area (Å²) in [7, 11) is 0. The van der Waals surface area contributed by atoms with E-state index in [0.717, 1.165) is 61.3 Å². The molecule has 3 heterocycles. The van der Waals surface area contributed by atoms with E-state index in [4.69, 9.17) is 15.2 Å². The number of aromatic nitrogens is 1. The molecular formula is C25H29N3O2. The average molecular weight is 404 g/mol. The van der Waals surface area contributed by atoms with Crippen molar-refractivity contribution in [1.29, 1.82) is 0 Å². The van der Waals surface area contributed by atoms with Gasteiger partial charge in [0, 0.05) is 25.0 Å². The molecule has 5 nitrogen and oxygen atoms in total. The molecule has 1 unspecified atom stereocenters. The second kappa shape index (κ2) is 7.47. The van der Waals surface area contributed by atoms with Crippen LogP contribution >= 0.6 is 0 Å². The van der Waals surface area contributed by atoms with E-state index in [1.165, 1.54) is 11.1 Å². The standard InChI is InChI=1S/C25H29N3O2/c1-25(2)12-10-19-14-17(6-8-21(19)30-25)15-28-13-11-20(16-28)29-22-5-3-4-18-7-9-23(26)27-24(18)22/h3-9,14,20H,10-13,15-16H2,1-2H3,(H2,26,27). The average Bonchev–Trinajstić information content (AvgIpc) is 3.15. The van der Waals surface area contributed by atoms with Gasteiger partial charge in [-0.3, -0.25) is 4.90 Å². The van der Waals surface area contributed by atoms with Gasteiger partial charge in [-0.05, 0) is 68.5 Å². The molecule has 0 radical (unpaired) electrons. The third kappa shape index (κ3) is 3.94. The quantitative estimate of drug-likeness (QED) is 0.691. The summed E-state index contributed by atoms with van der Waals surface area (Å²) in [5.41, 5.74) is 9.35. The fourth-order valence-electron chi connectivity index (χ4n) is 4.52. The summed E-state index contributed by atoms with van der Waals surface area (Å²) in [6.07, 6.45) is 3.33. The number of fused-ring (bicyclic) bond motifs is 2. The molecule has 1 aromatic heterocycles. The molecule has 30 heavy (non-hydrogen) atoms. The van der Waals surface area contributed by atoms with Crippen molar-refractivity contribution in [3.8, 4) is 11.5 Å². The van der Waals surface area contributed by atoms with E-state index in [0.29, 0.717) is 5.82 Å². The SMILES string of the molecule is CC1(C)CCc2cc(CN3CCC(Oc4cccc5ccc(N)nc45)C3)ccc2O1. The molecule has 2 aliphatic rings. The van der Waals surface area contributed by atoms with E-state index in [1.807, 2.05) is 30.3 Å². The van der Waals surface area contributed by atoms with Crippen LogP contribution in [0.2, 0.25) is 0 Å². The molecule has 2 aliphatic heterocycles. The third-order valence-corrected chi connectivity index (χ3v) is 6.14. The molecule has 0 saturated carbocycles. The largest absolute Gasteiger partial charge is 0.488 e. The van der Waals surface area contributed by atoms with Crippen LogP contribution in [0.1, 0.15) is 37.8 Å². The monoisotopic (exact) mass is 403 g/mol. The Hall–Kier alpha value is -2.79. The molecule has 1 saturated heterocycles. The highest BCUT2D eigenvalue weighted by Gasteiger charge is 2.28. The van der Waals surface area contributed by atoms with E-state index < -0.39 is 0 Å². The summed E-state index contributed by atoms with van der Waals surface area (Å²) >= 11 is 0. The van der Waals surface area contributed by atoms with Crippen LogP contribution in [0.3, 0.4) is 0 Å². The molecule has 0 spiro atoms. The van der Waals surface area contributed by atoms with Crippen molar-refractivity contribution >= 4 is 16.7 Å². The number of aryl methyl sites for hydroxylation is 1. The first-order valence-corrected chi connectivity index (χ1v) is 10.8. The second-order valence-corrected chi connectivity index (χ2v) is 9.13. The van der Waals surface area contributed by atoms with Gasteiger partial charge >= 0.3 is 0 Å². The lowest BCUT2D eigenvalue weighted by atomic mass is 9.93. The Kier molecular flexibility index (Phi) is 4.78. The van der Waals surface area contributed by atoms with Crippen LogP contribution < -0.4 is 15.2 Å². The molecule has 5 heteroatoms. The van der Waals surface area contributed by atoms with E-state index in [-0.39, 0.29) is 11.7 Å². The number of nitrogen functional groups attached to an aromatic ring is 1. The lowest BCUT2D eigenvalue weighted by Crippen LogP contribution is -2.32. The molecule has 2 N–H and O–H groups in total. The Morgan fingerprint density at radius 1 is 1.20 bits per heavy atom. The number of para-hydroxylation sites is 1. The zero-order valence-electron chi connectivity index (χ0n) is 17.7. The number of hydrogen-bond acceptors (Lipinski definition) is 5. The number of nitrogens with zero attached hydrogens (tertiary/aromatic N) is 2. The van der Waals surface area contributed by atoms with Crippen molar-refractivity contribution in [1.82, 2.24) is 9.88 Å². The van der Waals surface area contributed by atoms with Gasteiger partial charge in [-0.1, -0.05) is 24.3 Å². The minimum atomic E-state index is -0.0604. The number of benzene rings is 2. The van der Waals surface area contributed by atoms with E-state index in [1.54, 1.807) is 0 Å². The van der Waals surface area contributed by atoms with Crippen LogP contribution in [0.5, 0.6) is 11.5 Å². The van der Waals surface area contributed by atoms with Crippen LogP contribution in [-0.2, 0) is 13.0 Å². The smallest absolute Gasteiger partial charge is 0.146 e. The molecule has 2 aromatic carbocycles. The molecule has 156 valence electrons. The van der Waals surface area contributed by atoms with E-state index in [2.05, 4.69) is 41.9 Å². The van der Waals surface area contributed by atoms with Crippen LogP contribution in [0, 0.1) is 0 Å². The minimum Gasteiger partial charge on any atom is -0.488 e. The summed E-state index contributed by atoms with van der Waals surface area (Å²) in [6.45, 7) is 7.21. The maximum atomic E-state index is 6.35. The van der Waals surface area contributed by atoms with E-state index >= 15 is 0 Å². The van der Waals surface area contributed by atoms with Gasteiger partial charge in [-0.15, -0.1) is 0 Å². The highest BCUT2D eigenvalue weighted by Crippen LogP contribution is 2.34. The van der Waals surface area contributed by atoms with Gasteiger partial charge < -0.3 is 15.2 Å². The van der Waals surface area contributed by atoms with Gasteiger partial charge in [0.05, 0.1) is 0 Å². The van der Waals surface area contributed by atoms with Crippen molar-refractivity contribution < 1.29 is 9.47 Å². The first-order valence-electron chi connectivity index (χ1n) is 10.8. The number of ether oxygens (including phenoxy) is 2. The van der Waals surface area contributed by atoms with Gasteiger partial charge in [-0.2, -0.15) is 0 Å². The Labute approximate surface area is 177 Å². The van der Waals surface area contributed by atoms with Crippen molar-refractivity contribution in [2.24, 2.45) is 0 Å². The summed E-state index contributed by atoms with van der Waals surface area (Å²) in [6, 6.07) is 16.5. The number of rotatable bonds is 4. The second-order valence-electron chi connectivity index (χ2n) is 9.13. The van der Waals surface area contributed by atoms with Crippen molar-refractivity contribution in [3.63, 3.8) is 0 Å². The third-order valence-electron chi connectivity index (χ3n) is 6.14. The summed E-state index contributed by atoms with van der Waals surface area (Å²) < 4.78 is 12.5. The lowest BCUT2D eigenvalue weighted by Gasteiger charge is -2.33. The molecule has 5 rings (SSSR count). The van der Waals surface area contributed by atoms with E-state index in [9.17, 15) is 0 Å². The fourth-order valence-corrected chi connectivity index (χ4v) is 4.52. The number of anilines is 1. The van der Waals surface area contributed by atoms with Crippen LogP contribution in [0.4, 0.5) is 5.82 Å². The van der Waals surface area contributed by atoms with Crippen molar-refractivity contribution in [2.45, 2.75) is 51.4 Å². The molecule has 1 atom stereocenters. The van der Waals surface area contributed by atoms with Gasteiger partial charge in [0.2, 0.25) is 0 Å². The molecule has 0 amide bonds. The zero-order chi connectivity index (χ0) is 20.7. The molecule has 0 bridgehead atoms. The number of hydrogen-bond donors (Lipinski definition) is 1. The summed E-state index contributed by atoms with van der Waals surface area (Å²) in [5.74, 6) is 2.38. The molecule has 0 aliphatic carbocycles. The van der Waals surface area contributed by atoms with Gasteiger partial charge in [0.1, 0.15) is 34.5 Å². The highest BCUT2D eigenvalue weighted by atomic mass is 16.5. The van der Waals surface area contributed by atoms with Gasteiger partial charge in [-0.25, -0.2) is 4.98 Å². The lowest BCUT2D eigenvalue weighted by molar-refractivity contribution is 0.0846. The highest BCUT2D eigenvalue weighted by molar-refractivity contribution is 5.85. The number of nitrogens with two attached hydrogens (primary N) is 1. The Morgan fingerprint density at radius 3 is 3.00 bits per heavy atom. The predicted molar refractivity (Wildman–Crippen MR) is 120 cm³/mol. The molecule has 3 aromatic rings. The van der Waals surface area contributed by atoms with Crippen LogP contribution in [0.25, 0.3) is 10.9 Å². The van der Waals surface area contributed by atoms with Crippen LogP contribution in [-0.4, -0.2) is 34.7 Å². The molecule has 1 fully saturated rings.